The van der Waals surface area contributed by atoms with Crippen LogP contribution in [0.15, 0.2) is 18.2 Å². The van der Waals surface area contributed by atoms with Crippen LogP contribution in [-0.2, 0) is 9.59 Å². The van der Waals surface area contributed by atoms with Gasteiger partial charge in [-0.15, -0.1) is 0 Å². The van der Waals surface area contributed by atoms with E-state index in [9.17, 15) is 9.59 Å². The van der Waals surface area contributed by atoms with Crippen molar-refractivity contribution in [3.63, 3.8) is 0 Å². The van der Waals surface area contributed by atoms with Crippen LogP contribution in [0.3, 0.4) is 0 Å². The highest BCUT2D eigenvalue weighted by atomic mass is 16.5. The van der Waals surface area contributed by atoms with Crippen molar-refractivity contribution in [3.8, 4) is 5.75 Å². The zero-order chi connectivity index (χ0) is 16.0. The number of carbonyl (C=O) groups is 2. The fourth-order valence-corrected chi connectivity index (χ4v) is 2.01. The summed E-state index contributed by atoms with van der Waals surface area (Å²) in [4.78, 5) is 23.9. The van der Waals surface area contributed by atoms with Gasteiger partial charge in [0.25, 0.3) is 5.91 Å². The highest BCUT2D eigenvalue weighted by molar-refractivity contribution is 5.82. The summed E-state index contributed by atoms with van der Waals surface area (Å²) in [6, 6.07) is 5.90. The third-order valence-electron chi connectivity index (χ3n) is 3.20. The van der Waals surface area contributed by atoms with Gasteiger partial charge in [-0.2, -0.15) is 0 Å². The summed E-state index contributed by atoms with van der Waals surface area (Å²) in [5, 5.41) is 8.77. The average molecular weight is 293 g/mol. The molecule has 0 aliphatic heterocycles. The van der Waals surface area contributed by atoms with E-state index in [0.717, 1.165) is 11.1 Å². The van der Waals surface area contributed by atoms with Crippen LogP contribution in [-0.4, -0.2) is 41.6 Å². The molecule has 5 nitrogen and oxygen atoms in total. The molecule has 0 aromatic heterocycles. The van der Waals surface area contributed by atoms with E-state index in [1.165, 1.54) is 4.90 Å². The van der Waals surface area contributed by atoms with Gasteiger partial charge in [0.2, 0.25) is 0 Å². The van der Waals surface area contributed by atoms with Gasteiger partial charge < -0.3 is 14.7 Å². The predicted octanol–water partition coefficient (Wildman–Crippen LogP) is 2.43. The summed E-state index contributed by atoms with van der Waals surface area (Å²) in [5.41, 5.74) is 2.09. The van der Waals surface area contributed by atoms with Crippen LogP contribution < -0.4 is 4.74 Å². The normalized spacial score (nSPS) is 10.5. The van der Waals surface area contributed by atoms with Crippen LogP contribution in [0.2, 0.25) is 0 Å². The Morgan fingerprint density at radius 1 is 1.33 bits per heavy atom. The number of hydrogen-bond donors (Lipinski definition) is 1. The number of carboxylic acids is 1. The molecule has 1 amide bonds. The maximum Gasteiger partial charge on any atom is 0.323 e. The van der Waals surface area contributed by atoms with Crippen molar-refractivity contribution in [1.29, 1.82) is 0 Å². The third-order valence-corrected chi connectivity index (χ3v) is 3.20. The first-order chi connectivity index (χ1) is 9.85. The zero-order valence-electron chi connectivity index (χ0n) is 13.0. The molecule has 0 atom stereocenters. The van der Waals surface area contributed by atoms with Gasteiger partial charge in [0.1, 0.15) is 12.3 Å². The number of benzene rings is 1. The van der Waals surface area contributed by atoms with E-state index < -0.39 is 5.97 Å². The number of hydrogen-bond acceptors (Lipinski definition) is 3. The van der Waals surface area contributed by atoms with E-state index in [1.807, 2.05) is 25.1 Å². The molecule has 0 fully saturated rings. The first kappa shape index (κ1) is 17.0. The molecular weight excluding hydrogens is 270 g/mol. The topological polar surface area (TPSA) is 66.8 Å². The maximum absolute atomic E-state index is 12.0. The predicted molar refractivity (Wildman–Crippen MR) is 80.7 cm³/mol. The lowest BCUT2D eigenvalue weighted by Gasteiger charge is -2.20. The van der Waals surface area contributed by atoms with E-state index in [4.69, 9.17) is 9.84 Å². The Morgan fingerprint density at radius 3 is 2.52 bits per heavy atom. The molecule has 0 spiro atoms. The first-order valence-electron chi connectivity index (χ1n) is 7.08. The van der Waals surface area contributed by atoms with Crippen molar-refractivity contribution < 1.29 is 19.4 Å². The quantitative estimate of drug-likeness (QED) is 0.838. The van der Waals surface area contributed by atoms with Crippen molar-refractivity contribution in [1.82, 2.24) is 4.90 Å². The molecular formula is C16H23NO4. The Bertz CT molecular complexity index is 511. The van der Waals surface area contributed by atoms with Crippen LogP contribution in [0.5, 0.6) is 5.75 Å². The highest BCUT2D eigenvalue weighted by Gasteiger charge is 2.16. The second kappa shape index (κ2) is 7.67. The number of ether oxygens (including phenoxy) is 1. The molecule has 0 bridgehead atoms. The monoisotopic (exact) mass is 293 g/mol. The minimum absolute atomic E-state index is 0.149. The fraction of sp³-hybridized carbons (Fsp3) is 0.500. The number of aliphatic carboxylic acids is 1. The molecule has 0 heterocycles. The molecule has 0 aliphatic carbocycles. The SMILES string of the molecule is CCN(CC(=O)O)C(=O)COc1cc(C)ccc1C(C)C. The van der Waals surface area contributed by atoms with Gasteiger partial charge in [0.15, 0.2) is 6.61 Å². The van der Waals surface area contributed by atoms with Gasteiger partial charge in [-0.05, 0) is 37.0 Å². The first-order valence-corrected chi connectivity index (χ1v) is 7.08. The van der Waals surface area contributed by atoms with Crippen molar-refractivity contribution >= 4 is 11.9 Å². The van der Waals surface area contributed by atoms with Crippen LogP contribution >= 0.6 is 0 Å². The molecule has 1 rings (SSSR count). The largest absolute Gasteiger partial charge is 0.483 e. The Labute approximate surface area is 125 Å². The average Bonchev–Trinajstić information content (AvgIpc) is 2.41. The minimum atomic E-state index is -1.02. The molecule has 0 radical (unpaired) electrons. The van der Waals surface area contributed by atoms with Crippen molar-refractivity contribution in [2.75, 3.05) is 19.7 Å². The number of carbonyl (C=O) groups excluding carboxylic acids is 1. The van der Waals surface area contributed by atoms with E-state index in [1.54, 1.807) is 6.92 Å². The van der Waals surface area contributed by atoms with E-state index in [0.29, 0.717) is 12.3 Å². The standard InChI is InChI=1S/C16H23NO4/c1-5-17(9-16(19)20)15(18)10-21-14-8-12(4)6-7-13(14)11(2)3/h6-8,11H,5,9-10H2,1-4H3,(H,19,20). The van der Waals surface area contributed by atoms with Crippen molar-refractivity contribution in [2.45, 2.75) is 33.6 Å². The van der Waals surface area contributed by atoms with Crippen LogP contribution in [0.1, 0.15) is 37.8 Å². The molecule has 0 saturated heterocycles. The van der Waals surface area contributed by atoms with Crippen LogP contribution in [0.4, 0.5) is 0 Å². The summed E-state index contributed by atoms with van der Waals surface area (Å²) in [6.45, 7) is 7.71. The Balaban J connectivity index is 2.76. The molecule has 1 N–H and O–H groups in total. The number of aryl methyl sites for hydroxylation is 1. The second-order valence-corrected chi connectivity index (χ2v) is 5.29. The summed E-state index contributed by atoms with van der Waals surface area (Å²) in [5.74, 6) is -0.374. The number of nitrogens with zero attached hydrogens (tertiary/aromatic N) is 1. The molecule has 21 heavy (non-hydrogen) atoms. The Kier molecular flexibility index (Phi) is 6.21. The lowest BCUT2D eigenvalue weighted by molar-refractivity contribution is -0.145. The van der Waals surface area contributed by atoms with E-state index >= 15 is 0 Å². The van der Waals surface area contributed by atoms with E-state index in [-0.39, 0.29) is 25.0 Å². The van der Waals surface area contributed by atoms with Gasteiger partial charge in [0.05, 0.1) is 0 Å². The minimum Gasteiger partial charge on any atom is -0.483 e. The van der Waals surface area contributed by atoms with E-state index in [2.05, 4.69) is 13.8 Å². The van der Waals surface area contributed by atoms with Crippen LogP contribution in [0, 0.1) is 6.92 Å². The summed E-state index contributed by atoms with van der Waals surface area (Å²) in [7, 11) is 0. The van der Waals surface area contributed by atoms with Crippen molar-refractivity contribution in [2.24, 2.45) is 0 Å². The smallest absolute Gasteiger partial charge is 0.323 e. The number of carboxylic acid groups (broad SMARTS) is 1. The third kappa shape index (κ3) is 5.10. The van der Waals surface area contributed by atoms with Gasteiger partial charge >= 0.3 is 5.97 Å². The summed E-state index contributed by atoms with van der Waals surface area (Å²) in [6.07, 6.45) is 0. The molecule has 0 unspecified atom stereocenters. The molecule has 0 saturated carbocycles. The molecule has 1 aromatic carbocycles. The van der Waals surface area contributed by atoms with Gasteiger partial charge in [-0.25, -0.2) is 0 Å². The van der Waals surface area contributed by atoms with Crippen molar-refractivity contribution in [3.05, 3.63) is 29.3 Å². The number of rotatable bonds is 7. The summed E-state index contributed by atoms with van der Waals surface area (Å²) < 4.78 is 5.62. The fourth-order valence-electron chi connectivity index (χ4n) is 2.01. The maximum atomic E-state index is 12.0. The van der Waals surface area contributed by atoms with Crippen LogP contribution in [0.25, 0.3) is 0 Å². The Morgan fingerprint density at radius 2 is 2.00 bits per heavy atom. The molecule has 116 valence electrons. The lowest BCUT2D eigenvalue weighted by Crippen LogP contribution is -2.38. The van der Waals surface area contributed by atoms with Gasteiger partial charge in [-0.1, -0.05) is 26.0 Å². The van der Waals surface area contributed by atoms with Gasteiger partial charge in [-0.3, -0.25) is 9.59 Å². The number of likely N-dealkylation sites (N-methyl/N-ethyl adjacent to an activating group) is 1. The molecule has 5 heteroatoms. The number of amides is 1. The highest BCUT2D eigenvalue weighted by Crippen LogP contribution is 2.27. The summed E-state index contributed by atoms with van der Waals surface area (Å²) >= 11 is 0. The second-order valence-electron chi connectivity index (χ2n) is 5.29. The lowest BCUT2D eigenvalue weighted by atomic mass is 10.0. The molecule has 0 aliphatic rings. The molecule has 1 aromatic rings. The Hall–Kier alpha value is -2.04. The zero-order valence-corrected chi connectivity index (χ0v) is 13.0. The van der Waals surface area contributed by atoms with Gasteiger partial charge in [0, 0.05) is 6.54 Å².